The van der Waals surface area contributed by atoms with E-state index in [9.17, 15) is 4.79 Å². The first-order valence-corrected chi connectivity index (χ1v) is 8.00. The van der Waals surface area contributed by atoms with E-state index < -0.39 is 0 Å². The molecule has 92 valence electrons. The number of carbonyl (C=O) groups excluding carboxylic acids is 1. The van der Waals surface area contributed by atoms with Gasteiger partial charge in [0, 0.05) is 35.4 Å². The Kier molecular flexibility index (Phi) is 3.13. The third-order valence-electron chi connectivity index (χ3n) is 3.27. The first-order valence-electron chi connectivity index (χ1n) is 6.13. The van der Waals surface area contributed by atoms with Crippen LogP contribution in [0.2, 0.25) is 0 Å². The average Bonchev–Trinajstić information content (AvgIpc) is 2.74. The first kappa shape index (κ1) is 11.5. The second-order valence-electron chi connectivity index (χ2n) is 4.67. The second kappa shape index (κ2) is 4.61. The summed E-state index contributed by atoms with van der Waals surface area (Å²) in [5.74, 6) is 1.41. The van der Waals surface area contributed by atoms with Gasteiger partial charge in [-0.05, 0) is 12.8 Å². The van der Waals surface area contributed by atoms with Crippen molar-refractivity contribution in [2.24, 2.45) is 0 Å². The van der Waals surface area contributed by atoms with Gasteiger partial charge in [0.1, 0.15) is 5.69 Å². The smallest absolute Gasteiger partial charge is 0.186 e. The van der Waals surface area contributed by atoms with Gasteiger partial charge in [0.15, 0.2) is 10.9 Å². The number of nitrogens with zero attached hydrogens (tertiary/aromatic N) is 2. The Morgan fingerprint density at radius 2 is 2.29 bits per heavy atom. The molecule has 0 radical (unpaired) electrons. The van der Waals surface area contributed by atoms with Crippen molar-refractivity contribution in [3.05, 3.63) is 10.6 Å². The largest absolute Gasteiger partial charge is 0.346 e. The van der Waals surface area contributed by atoms with Crippen LogP contribution in [-0.4, -0.2) is 34.9 Å². The molecule has 1 aromatic heterocycles. The number of hydrogen-bond donors (Lipinski definition) is 0. The maximum absolute atomic E-state index is 11.8. The van der Waals surface area contributed by atoms with Crippen LogP contribution in [0.15, 0.2) is 0 Å². The van der Waals surface area contributed by atoms with Gasteiger partial charge in [0.05, 0.1) is 0 Å². The Hall–Kier alpha value is -0.550. The number of aryl methyl sites for hydroxylation is 1. The van der Waals surface area contributed by atoms with E-state index in [-0.39, 0.29) is 5.78 Å². The molecule has 17 heavy (non-hydrogen) atoms. The molecule has 1 saturated heterocycles. The van der Waals surface area contributed by atoms with Crippen LogP contribution in [0.1, 0.15) is 35.1 Å². The minimum absolute atomic E-state index is 0.244. The molecule has 0 saturated carbocycles. The fourth-order valence-electron chi connectivity index (χ4n) is 2.38. The molecule has 1 aliphatic carbocycles. The van der Waals surface area contributed by atoms with Gasteiger partial charge in [-0.2, -0.15) is 11.8 Å². The lowest BCUT2D eigenvalue weighted by molar-refractivity contribution is 0.0968. The predicted molar refractivity (Wildman–Crippen MR) is 73.5 cm³/mol. The number of hydrogen-bond acceptors (Lipinski definition) is 5. The number of Topliss-reactive ketones (excluding diaryl/α,β-unsaturated/α-hetero) is 1. The topological polar surface area (TPSA) is 33.2 Å². The zero-order valence-corrected chi connectivity index (χ0v) is 11.6. The molecule has 2 heterocycles. The quantitative estimate of drug-likeness (QED) is 0.784. The summed E-state index contributed by atoms with van der Waals surface area (Å²) in [6.07, 6.45) is 2.72. The third kappa shape index (κ3) is 2.22. The number of thiazole rings is 1. The number of aromatic nitrogens is 1. The van der Waals surface area contributed by atoms with Gasteiger partial charge in [0.2, 0.25) is 0 Å². The highest BCUT2D eigenvalue weighted by molar-refractivity contribution is 8.00. The van der Waals surface area contributed by atoms with Crippen LogP contribution < -0.4 is 4.90 Å². The molecular weight excluding hydrogens is 252 g/mol. The predicted octanol–water partition coefficient (Wildman–Crippen LogP) is 2.60. The SMILES string of the molecule is CC1CN(c2nc3c(s2)CCCC3=O)CCS1. The molecule has 0 amide bonds. The fourth-order valence-corrected chi connectivity index (χ4v) is 4.55. The monoisotopic (exact) mass is 268 g/mol. The van der Waals surface area contributed by atoms with E-state index >= 15 is 0 Å². The van der Waals surface area contributed by atoms with E-state index in [0.29, 0.717) is 11.7 Å². The van der Waals surface area contributed by atoms with Gasteiger partial charge in [-0.3, -0.25) is 4.79 Å². The van der Waals surface area contributed by atoms with E-state index in [4.69, 9.17) is 0 Å². The van der Waals surface area contributed by atoms with Gasteiger partial charge >= 0.3 is 0 Å². The Balaban J connectivity index is 1.86. The van der Waals surface area contributed by atoms with E-state index in [2.05, 4.69) is 16.8 Å². The lowest BCUT2D eigenvalue weighted by Crippen LogP contribution is -2.36. The molecule has 3 rings (SSSR count). The standard InChI is InChI=1S/C12H16N2OS2/c1-8-7-14(5-6-16-8)12-13-11-9(15)3-2-4-10(11)17-12/h8H,2-7H2,1H3. The summed E-state index contributed by atoms with van der Waals surface area (Å²) < 4.78 is 0. The zero-order chi connectivity index (χ0) is 11.8. The molecule has 1 unspecified atom stereocenters. The van der Waals surface area contributed by atoms with Crippen molar-refractivity contribution < 1.29 is 4.79 Å². The van der Waals surface area contributed by atoms with Crippen molar-refractivity contribution in [2.45, 2.75) is 31.4 Å². The van der Waals surface area contributed by atoms with Crippen molar-refractivity contribution in [1.82, 2.24) is 4.98 Å². The zero-order valence-electron chi connectivity index (χ0n) is 9.94. The summed E-state index contributed by atoms with van der Waals surface area (Å²) >= 11 is 3.75. The molecule has 0 bridgehead atoms. The fraction of sp³-hybridized carbons (Fsp3) is 0.667. The highest BCUT2D eigenvalue weighted by atomic mass is 32.2. The van der Waals surface area contributed by atoms with Crippen LogP contribution in [0.25, 0.3) is 0 Å². The van der Waals surface area contributed by atoms with Crippen LogP contribution in [0.3, 0.4) is 0 Å². The molecule has 1 fully saturated rings. The molecule has 0 N–H and O–H groups in total. The summed E-state index contributed by atoms with van der Waals surface area (Å²) in [7, 11) is 0. The van der Waals surface area contributed by atoms with Crippen molar-refractivity contribution in [3.8, 4) is 0 Å². The molecule has 0 spiro atoms. The molecule has 1 aromatic rings. The summed E-state index contributed by atoms with van der Waals surface area (Å²) in [5.41, 5.74) is 0.766. The van der Waals surface area contributed by atoms with E-state index in [1.54, 1.807) is 11.3 Å². The van der Waals surface area contributed by atoms with Crippen LogP contribution >= 0.6 is 23.1 Å². The van der Waals surface area contributed by atoms with E-state index in [1.165, 1.54) is 10.6 Å². The Morgan fingerprint density at radius 3 is 3.06 bits per heavy atom. The van der Waals surface area contributed by atoms with Gasteiger partial charge in [-0.1, -0.05) is 6.92 Å². The number of anilines is 1. The summed E-state index contributed by atoms with van der Waals surface area (Å²) in [6, 6.07) is 0. The van der Waals surface area contributed by atoms with Crippen LogP contribution in [0.4, 0.5) is 5.13 Å². The number of fused-ring (bicyclic) bond motifs is 1. The lowest BCUT2D eigenvalue weighted by atomic mass is 10.0. The molecule has 0 aromatic carbocycles. The maximum atomic E-state index is 11.8. The van der Waals surface area contributed by atoms with Crippen LogP contribution in [0, 0.1) is 0 Å². The van der Waals surface area contributed by atoms with E-state index in [0.717, 1.165) is 36.8 Å². The van der Waals surface area contributed by atoms with Crippen LogP contribution in [-0.2, 0) is 6.42 Å². The number of rotatable bonds is 1. The summed E-state index contributed by atoms with van der Waals surface area (Å²) in [6.45, 7) is 4.39. The van der Waals surface area contributed by atoms with E-state index in [1.807, 2.05) is 11.8 Å². The van der Waals surface area contributed by atoms with Crippen molar-refractivity contribution >= 4 is 34.0 Å². The first-order chi connectivity index (χ1) is 8.24. The summed E-state index contributed by atoms with van der Waals surface area (Å²) in [5, 5.41) is 1.73. The maximum Gasteiger partial charge on any atom is 0.186 e. The summed E-state index contributed by atoms with van der Waals surface area (Å²) in [4.78, 5) is 19.9. The molecule has 1 aliphatic heterocycles. The number of thioether (sulfide) groups is 1. The highest BCUT2D eigenvalue weighted by Gasteiger charge is 2.26. The molecule has 1 atom stereocenters. The second-order valence-corrected chi connectivity index (χ2v) is 7.28. The minimum Gasteiger partial charge on any atom is -0.346 e. The van der Waals surface area contributed by atoms with Crippen molar-refractivity contribution in [3.63, 3.8) is 0 Å². The van der Waals surface area contributed by atoms with Crippen LogP contribution in [0.5, 0.6) is 0 Å². The minimum atomic E-state index is 0.244. The highest BCUT2D eigenvalue weighted by Crippen LogP contribution is 2.33. The Bertz CT molecular complexity index is 444. The van der Waals surface area contributed by atoms with Gasteiger partial charge in [0.25, 0.3) is 0 Å². The number of carbonyl (C=O) groups is 1. The molecule has 5 heteroatoms. The van der Waals surface area contributed by atoms with Gasteiger partial charge in [-0.25, -0.2) is 4.98 Å². The van der Waals surface area contributed by atoms with Gasteiger partial charge in [-0.15, -0.1) is 11.3 Å². The van der Waals surface area contributed by atoms with Crippen molar-refractivity contribution in [2.75, 3.05) is 23.7 Å². The molecule has 2 aliphatic rings. The normalized spacial score (nSPS) is 24.9. The Morgan fingerprint density at radius 1 is 1.41 bits per heavy atom. The van der Waals surface area contributed by atoms with Gasteiger partial charge < -0.3 is 4.90 Å². The molecular formula is C12H16N2OS2. The third-order valence-corrected chi connectivity index (χ3v) is 5.58. The van der Waals surface area contributed by atoms with Crippen molar-refractivity contribution in [1.29, 1.82) is 0 Å². The molecule has 3 nitrogen and oxygen atoms in total. The Labute approximate surface area is 110 Å². The average molecular weight is 268 g/mol. The lowest BCUT2D eigenvalue weighted by Gasteiger charge is -2.30. The number of ketones is 1.